The lowest BCUT2D eigenvalue weighted by Gasteiger charge is -2.54. The summed E-state index contributed by atoms with van der Waals surface area (Å²) in [6.45, 7) is 29.5. The topological polar surface area (TPSA) is 264 Å². The van der Waals surface area contributed by atoms with Gasteiger partial charge >= 0.3 is 5.69 Å². The fraction of sp³-hybridized carbons (Fsp3) is 0.743. The van der Waals surface area contributed by atoms with Crippen molar-refractivity contribution in [3.63, 3.8) is 0 Å². The summed E-state index contributed by atoms with van der Waals surface area (Å²) < 4.78 is 6.96. The van der Waals surface area contributed by atoms with Crippen molar-refractivity contribution < 1.29 is 44.5 Å². The minimum atomic E-state index is -0.551. The highest BCUT2D eigenvalue weighted by Crippen LogP contribution is 2.69. The molecule has 0 saturated heterocycles. The van der Waals surface area contributed by atoms with Gasteiger partial charge in [0, 0.05) is 43.3 Å². The Bertz CT molecular complexity index is 4400. The zero-order valence-electron chi connectivity index (χ0n) is 74.4. The van der Waals surface area contributed by atoms with E-state index in [1.807, 2.05) is 92.6 Å². The molecule has 0 aliphatic heterocycles. The number of fused-ring (bicyclic) bond motifs is 20. The molecule has 4 N–H and O–H groups in total. The lowest BCUT2D eigenvalue weighted by atomic mass is 9.51. The Kier molecular flexibility index (Phi) is 23.2. The summed E-state index contributed by atoms with van der Waals surface area (Å²) in [5.74, 6) is 13.2. The molecule has 12 fully saturated rings. The average molecular weight is 1640 g/mol. The quantitative estimate of drug-likeness (QED) is 0.0396. The van der Waals surface area contributed by atoms with Gasteiger partial charge in [-0.25, -0.2) is 0 Å². The Labute approximate surface area is 713 Å². The van der Waals surface area contributed by atoms with Crippen LogP contribution in [0, 0.1) is 164 Å². The number of aliphatic hydroxyl groups is 4. The molecule has 16 aliphatic carbocycles. The van der Waals surface area contributed by atoms with Crippen molar-refractivity contribution in [3.8, 4) is 0 Å². The van der Waals surface area contributed by atoms with Crippen LogP contribution in [0.5, 0.6) is 0 Å². The van der Waals surface area contributed by atoms with Crippen LogP contribution in [-0.4, -0.2) is 110 Å². The molecule has 4 aromatic rings. The molecular formula is C101H143N9O10. The summed E-state index contributed by atoms with van der Waals surface area (Å²) in [5.41, 5.74) is 8.69. The Morgan fingerprint density at radius 2 is 0.725 bits per heavy atom. The number of aryl methyl sites for hydroxylation is 2. The molecule has 4 aromatic heterocycles. The number of allylic oxidation sites excluding steroid dienone is 5. The number of carbonyl (C=O) groups is 4. The van der Waals surface area contributed by atoms with Gasteiger partial charge in [0.15, 0.2) is 23.1 Å². The van der Waals surface area contributed by atoms with Crippen molar-refractivity contribution in [1.82, 2.24) is 39.1 Å². The second kappa shape index (κ2) is 32.5. The van der Waals surface area contributed by atoms with Crippen molar-refractivity contribution >= 4 is 28.8 Å². The third kappa shape index (κ3) is 16.2. The summed E-state index contributed by atoms with van der Waals surface area (Å²) in [6, 6.07) is 1.81. The van der Waals surface area contributed by atoms with Crippen LogP contribution in [-0.2, 0) is 40.6 Å². The first-order valence-corrected chi connectivity index (χ1v) is 47.5. The van der Waals surface area contributed by atoms with Gasteiger partial charge in [-0.2, -0.15) is 20.4 Å². The minimum absolute atomic E-state index is 0.0131. The highest BCUT2D eigenvalue weighted by molar-refractivity contribution is 5.92. The van der Waals surface area contributed by atoms with Gasteiger partial charge in [0.2, 0.25) is 0 Å². The maximum Gasteiger partial charge on any atom is 0.307 e. The number of ketones is 4. The van der Waals surface area contributed by atoms with Gasteiger partial charge in [-0.3, -0.25) is 48.0 Å². The van der Waals surface area contributed by atoms with Gasteiger partial charge in [-0.15, -0.1) is 0 Å². The standard InChI is InChI=1S/C27H38N2O2.2C25H36N2O2.C24H33N3O4/c1-17(16-29-14-11-25(28-29)18(2)30)23-7-8-24-22-6-5-19-15-26(3,31)12-9-20(19)21(22)10-13-27(23,24)4;2*1-16-13-26-27(14-16)15-23(28)22-7-6-21-20-5-4-17-12-24(2,29)10-8-18(17)19(20)9-11-25(21,22)3;1-23(29)9-7-17-15(11-23)3-4-19-18(17)8-10-24(2)20(19)5-6-21(24)22(28)14-26-13-16(12-25-26)27(30)31/h5,11,14,20-24,31H,1,6-10,12-13,15-16H2,2-4H3;2*4,13-14,18-22,29H,5-12,15H2,1-3H3;3,12-13,17-21,29H,4-11,14H2,1-2H3/t20-,21+,22+,23+,24-,26+,27+;2*18-,19+,20+,21-,22+,24+,25-;17-,18+,19+,20-,21+,23+,24-/m0000/s1. The van der Waals surface area contributed by atoms with E-state index < -0.39 is 27.3 Å². The SMILES string of the molecule is C=C(Cn1ccc(C(C)=O)n1)[C@H]1CC[C@H]2[C@@H]3CC=C4C[C@](C)(O)CC[C@@H]4[C@H]3CC[C@]12C.C[C@@]1(O)CC[C@H]2C(=CC[C@@H]3[C@@H]2CC[C@]2(C)[C@@H](C(=O)Cn4cc([N+](=O)[O-])cn4)CC[C@@H]32)C1.Cc1cnn(CC(=O)[C@H]2CC[C@H]3[C@@H]4CC=C5C[C@](C)(O)CC[C@@H]5[C@H]4CC[C@]23C)c1.Cc1cnn(CC(=O)[C@H]2CC[C@H]3[C@@H]4CC=C5C[C@](C)(O)CC[C@@H]5[C@H]4CC[C@]23C)c1. The lowest BCUT2D eigenvalue weighted by molar-refractivity contribution is -0.385. The van der Waals surface area contributed by atoms with Crippen molar-refractivity contribution in [2.45, 2.75) is 330 Å². The largest absolute Gasteiger partial charge is 0.390 e. The van der Waals surface area contributed by atoms with E-state index in [9.17, 15) is 49.7 Å². The fourth-order valence-electron chi connectivity index (χ4n) is 31.5. The second-order valence-corrected chi connectivity index (χ2v) is 44.9. The van der Waals surface area contributed by atoms with Crippen molar-refractivity contribution in [2.24, 2.45) is 140 Å². The first-order chi connectivity index (χ1) is 56.9. The molecule has 652 valence electrons. The fourth-order valence-corrected chi connectivity index (χ4v) is 31.5. The van der Waals surface area contributed by atoms with Crippen LogP contribution in [0.3, 0.4) is 0 Å². The molecule has 0 aromatic carbocycles. The first-order valence-electron chi connectivity index (χ1n) is 47.5. The smallest absolute Gasteiger partial charge is 0.307 e. The summed E-state index contributed by atoms with van der Waals surface area (Å²) in [5, 5.41) is 70.2. The van der Waals surface area contributed by atoms with E-state index in [4.69, 9.17) is 0 Å². The van der Waals surface area contributed by atoms with E-state index >= 15 is 0 Å². The van der Waals surface area contributed by atoms with Crippen LogP contribution in [0.2, 0.25) is 0 Å². The van der Waals surface area contributed by atoms with Crippen LogP contribution in [0.15, 0.2) is 108 Å². The summed E-state index contributed by atoms with van der Waals surface area (Å²) in [4.78, 5) is 61.8. The first kappa shape index (κ1) is 85.6. The maximum absolute atomic E-state index is 13.2. The van der Waals surface area contributed by atoms with Crippen LogP contribution in [0.25, 0.3) is 0 Å². The summed E-state index contributed by atoms with van der Waals surface area (Å²) >= 11 is 0. The van der Waals surface area contributed by atoms with Crippen molar-refractivity contribution in [3.05, 3.63) is 135 Å². The normalized spacial score (nSPS) is 42.7. The number of nitrogens with zero attached hydrogens (tertiary/aromatic N) is 9. The molecule has 19 heteroatoms. The molecule has 20 rings (SSSR count). The lowest BCUT2D eigenvalue weighted by Crippen LogP contribution is -2.48. The average Bonchev–Trinajstić information content (AvgIpc) is 1.53. The van der Waals surface area contributed by atoms with E-state index in [1.54, 1.807) is 12.5 Å². The van der Waals surface area contributed by atoms with Crippen LogP contribution >= 0.6 is 0 Å². The predicted molar refractivity (Wildman–Crippen MR) is 464 cm³/mol. The molecule has 28 atom stereocenters. The monoisotopic (exact) mass is 1640 g/mol. The van der Waals surface area contributed by atoms with Gasteiger partial charge in [0.25, 0.3) is 0 Å². The van der Waals surface area contributed by atoms with Gasteiger partial charge in [0.05, 0.1) is 59.4 Å². The zero-order valence-corrected chi connectivity index (χ0v) is 74.4. The Balaban J connectivity index is 0.000000114. The number of Topliss-reactive ketones (excluding diaryl/α,β-unsaturated/α-hetero) is 4. The Hall–Kier alpha value is -6.54. The second-order valence-electron chi connectivity index (χ2n) is 44.9. The maximum atomic E-state index is 13.2. The summed E-state index contributed by atoms with van der Waals surface area (Å²) in [7, 11) is 0. The minimum Gasteiger partial charge on any atom is -0.390 e. The molecule has 0 spiro atoms. The number of hydrogen-bond acceptors (Lipinski definition) is 14. The van der Waals surface area contributed by atoms with Gasteiger partial charge in [0.1, 0.15) is 24.6 Å². The molecule has 0 unspecified atom stereocenters. The number of carbonyl (C=O) groups excluding carboxylic acids is 4. The van der Waals surface area contributed by atoms with Crippen LogP contribution in [0.4, 0.5) is 5.69 Å². The van der Waals surface area contributed by atoms with Crippen molar-refractivity contribution in [2.75, 3.05) is 0 Å². The molecule has 120 heavy (non-hydrogen) atoms. The summed E-state index contributed by atoms with van der Waals surface area (Å²) in [6.07, 6.45) is 57.1. The van der Waals surface area contributed by atoms with E-state index in [-0.39, 0.29) is 57.8 Å². The Morgan fingerprint density at radius 1 is 0.417 bits per heavy atom. The molecular weight excluding hydrogens is 1500 g/mol. The molecule has 0 bridgehead atoms. The highest BCUT2D eigenvalue weighted by Gasteiger charge is 2.63. The molecule has 19 nitrogen and oxygen atoms in total. The van der Waals surface area contributed by atoms with Crippen molar-refractivity contribution in [1.29, 1.82) is 0 Å². The highest BCUT2D eigenvalue weighted by atomic mass is 16.6. The van der Waals surface area contributed by atoms with Gasteiger partial charge in [-0.05, 0) is 386 Å². The third-order valence-corrected chi connectivity index (χ3v) is 37.2. The number of aromatic nitrogens is 8. The van der Waals surface area contributed by atoms with E-state index in [2.05, 4.69) is 79.0 Å². The number of nitro groups is 1. The van der Waals surface area contributed by atoms with Gasteiger partial charge in [-0.1, -0.05) is 86.4 Å². The molecule has 12 saturated carbocycles. The van der Waals surface area contributed by atoms with E-state index in [1.165, 1.54) is 116 Å². The van der Waals surface area contributed by atoms with Crippen LogP contribution in [0.1, 0.15) is 289 Å². The van der Waals surface area contributed by atoms with E-state index in [0.29, 0.717) is 94.9 Å². The third-order valence-electron chi connectivity index (χ3n) is 37.2. The number of hydrogen-bond donors (Lipinski definition) is 4. The number of rotatable bonds is 14. The van der Waals surface area contributed by atoms with Gasteiger partial charge < -0.3 is 20.4 Å². The molecule has 0 amide bonds. The van der Waals surface area contributed by atoms with Crippen LogP contribution < -0.4 is 0 Å². The molecule has 16 aliphatic rings. The Morgan fingerprint density at radius 3 is 1.02 bits per heavy atom. The molecule has 4 heterocycles. The predicted octanol–water partition coefficient (Wildman–Crippen LogP) is 19.3. The van der Waals surface area contributed by atoms with E-state index in [0.717, 1.165) is 188 Å². The molecule has 0 radical (unpaired) electrons. The zero-order chi connectivity index (χ0) is 84.7.